The number of benzene rings is 2. The van der Waals surface area contributed by atoms with Gasteiger partial charge < -0.3 is 5.32 Å². The molecule has 0 aromatic heterocycles. The highest BCUT2D eigenvalue weighted by atomic mass is 32.2. The van der Waals surface area contributed by atoms with Crippen LogP contribution in [0.4, 0.5) is 23.2 Å². The number of nitrogens with one attached hydrogen (secondary N) is 1. The Morgan fingerprint density at radius 1 is 1.13 bits per heavy atom. The zero-order valence-corrected chi connectivity index (χ0v) is 12.8. The molecule has 1 N–H and O–H groups in total. The van der Waals surface area contributed by atoms with Crippen LogP contribution in [0.3, 0.4) is 0 Å². The first kappa shape index (κ1) is 17.3. The number of amides is 1. The Labute approximate surface area is 134 Å². The fraction of sp³-hybridized carbons (Fsp3) is 0.188. The summed E-state index contributed by atoms with van der Waals surface area (Å²) in [4.78, 5) is 12.4. The minimum Gasteiger partial charge on any atom is -0.325 e. The molecule has 2 nitrogen and oxygen atoms in total. The minimum atomic E-state index is -4.43. The Kier molecular flexibility index (Phi) is 5.30. The second-order valence-electron chi connectivity index (χ2n) is 4.79. The van der Waals surface area contributed by atoms with Crippen molar-refractivity contribution in [2.24, 2.45) is 0 Å². The molecule has 0 unspecified atom stereocenters. The van der Waals surface area contributed by atoms with Gasteiger partial charge in [0, 0.05) is 10.6 Å². The van der Waals surface area contributed by atoms with Crippen molar-refractivity contribution in [1.82, 2.24) is 0 Å². The fourth-order valence-electron chi connectivity index (χ4n) is 1.81. The van der Waals surface area contributed by atoms with Crippen molar-refractivity contribution in [3.63, 3.8) is 0 Å². The molecular formula is C16H13F4NOS. The van der Waals surface area contributed by atoms with Crippen LogP contribution in [0.15, 0.2) is 53.4 Å². The van der Waals surface area contributed by atoms with E-state index in [-0.39, 0.29) is 0 Å². The molecule has 2 aromatic rings. The second-order valence-corrected chi connectivity index (χ2v) is 6.20. The predicted molar refractivity (Wildman–Crippen MR) is 81.8 cm³/mol. The summed E-state index contributed by atoms with van der Waals surface area (Å²) in [5.41, 5.74) is -0.466. The number of alkyl halides is 3. The van der Waals surface area contributed by atoms with Gasteiger partial charge in [-0.2, -0.15) is 13.2 Å². The van der Waals surface area contributed by atoms with Gasteiger partial charge in [0.15, 0.2) is 0 Å². The number of carbonyl (C=O) groups is 1. The molecule has 0 fully saturated rings. The van der Waals surface area contributed by atoms with Gasteiger partial charge in [-0.3, -0.25) is 4.79 Å². The first-order chi connectivity index (χ1) is 10.8. The molecule has 1 atom stereocenters. The van der Waals surface area contributed by atoms with Gasteiger partial charge in [0.05, 0.1) is 10.8 Å². The molecule has 0 heterocycles. The average Bonchev–Trinajstić information content (AvgIpc) is 2.46. The lowest BCUT2D eigenvalue weighted by Crippen LogP contribution is -2.22. The molecule has 23 heavy (non-hydrogen) atoms. The first-order valence-corrected chi connectivity index (χ1v) is 7.54. The molecule has 0 aliphatic carbocycles. The van der Waals surface area contributed by atoms with Gasteiger partial charge in [-0.1, -0.05) is 12.1 Å². The van der Waals surface area contributed by atoms with E-state index in [1.807, 2.05) is 0 Å². The van der Waals surface area contributed by atoms with Crippen LogP contribution in [0.1, 0.15) is 12.5 Å². The lowest BCUT2D eigenvalue weighted by molar-refractivity contribution is -0.137. The number of hydrogen-bond acceptors (Lipinski definition) is 2. The van der Waals surface area contributed by atoms with Crippen LogP contribution in [0.2, 0.25) is 0 Å². The highest BCUT2D eigenvalue weighted by Crippen LogP contribution is 2.33. The van der Waals surface area contributed by atoms with E-state index < -0.39 is 28.7 Å². The van der Waals surface area contributed by atoms with Gasteiger partial charge in [-0.05, 0) is 43.3 Å². The van der Waals surface area contributed by atoms with E-state index in [1.165, 1.54) is 36.4 Å². The van der Waals surface area contributed by atoms with E-state index in [0.29, 0.717) is 10.6 Å². The number of anilines is 1. The van der Waals surface area contributed by atoms with Crippen LogP contribution < -0.4 is 5.32 Å². The SMILES string of the molecule is C[C@H](Sc1cccc(C(F)(F)F)c1)C(=O)Nc1cccc(F)c1. The number of hydrogen-bond donors (Lipinski definition) is 1. The van der Waals surface area contributed by atoms with Crippen molar-refractivity contribution in [3.05, 3.63) is 59.9 Å². The van der Waals surface area contributed by atoms with E-state index in [9.17, 15) is 22.4 Å². The van der Waals surface area contributed by atoms with Gasteiger partial charge in [-0.15, -0.1) is 11.8 Å². The lowest BCUT2D eigenvalue weighted by Gasteiger charge is -2.13. The topological polar surface area (TPSA) is 29.1 Å². The molecule has 0 bridgehead atoms. The molecule has 0 aliphatic heterocycles. The summed E-state index contributed by atoms with van der Waals surface area (Å²) in [5.74, 6) is -0.904. The Bertz CT molecular complexity index is 702. The normalized spacial score (nSPS) is 12.7. The monoisotopic (exact) mass is 343 g/mol. The van der Waals surface area contributed by atoms with E-state index in [2.05, 4.69) is 5.32 Å². The molecular weight excluding hydrogens is 330 g/mol. The van der Waals surface area contributed by atoms with Gasteiger partial charge in [0.1, 0.15) is 5.82 Å². The molecule has 7 heteroatoms. The second kappa shape index (κ2) is 7.04. The number of halogens is 4. The van der Waals surface area contributed by atoms with E-state index in [0.717, 1.165) is 23.9 Å². The minimum absolute atomic E-state index is 0.298. The Morgan fingerprint density at radius 3 is 2.48 bits per heavy atom. The fourth-order valence-corrected chi connectivity index (χ4v) is 2.74. The molecule has 2 rings (SSSR count). The third-order valence-corrected chi connectivity index (χ3v) is 4.03. The lowest BCUT2D eigenvalue weighted by atomic mass is 10.2. The predicted octanol–water partition coefficient (Wildman–Crippen LogP) is 4.96. The van der Waals surface area contributed by atoms with Crippen molar-refractivity contribution in [2.75, 3.05) is 5.32 Å². The van der Waals surface area contributed by atoms with Crippen molar-refractivity contribution in [3.8, 4) is 0 Å². The largest absolute Gasteiger partial charge is 0.416 e. The zero-order chi connectivity index (χ0) is 17.0. The summed E-state index contributed by atoms with van der Waals surface area (Å²) in [6.45, 7) is 1.57. The Hall–Kier alpha value is -2.02. The highest BCUT2D eigenvalue weighted by Gasteiger charge is 2.30. The third-order valence-electron chi connectivity index (χ3n) is 2.94. The Balaban J connectivity index is 2.04. The van der Waals surface area contributed by atoms with Crippen LogP contribution in [-0.2, 0) is 11.0 Å². The molecule has 0 saturated carbocycles. The average molecular weight is 343 g/mol. The Morgan fingerprint density at radius 2 is 1.83 bits per heavy atom. The summed E-state index contributed by atoms with van der Waals surface area (Å²) in [6, 6.07) is 10.2. The van der Waals surface area contributed by atoms with Crippen LogP contribution in [-0.4, -0.2) is 11.2 Å². The highest BCUT2D eigenvalue weighted by molar-refractivity contribution is 8.00. The molecule has 0 radical (unpaired) electrons. The first-order valence-electron chi connectivity index (χ1n) is 6.66. The van der Waals surface area contributed by atoms with Crippen molar-refractivity contribution in [2.45, 2.75) is 23.2 Å². The van der Waals surface area contributed by atoms with Gasteiger partial charge in [-0.25, -0.2) is 4.39 Å². The van der Waals surface area contributed by atoms with Crippen LogP contribution in [0.5, 0.6) is 0 Å². The summed E-state index contributed by atoms with van der Waals surface area (Å²) in [6.07, 6.45) is -4.43. The molecule has 1 amide bonds. The van der Waals surface area contributed by atoms with Crippen molar-refractivity contribution < 1.29 is 22.4 Å². The third kappa shape index (κ3) is 4.99. The van der Waals surface area contributed by atoms with Gasteiger partial charge in [0.2, 0.25) is 5.91 Å². The number of carbonyl (C=O) groups excluding carboxylic acids is 1. The summed E-state index contributed by atoms with van der Waals surface area (Å²) < 4.78 is 51.1. The van der Waals surface area contributed by atoms with Crippen LogP contribution in [0, 0.1) is 5.82 Å². The summed E-state index contributed by atoms with van der Waals surface area (Å²) in [7, 11) is 0. The smallest absolute Gasteiger partial charge is 0.325 e. The van der Waals surface area contributed by atoms with Crippen molar-refractivity contribution >= 4 is 23.4 Å². The maximum atomic E-state index is 13.1. The van der Waals surface area contributed by atoms with E-state index >= 15 is 0 Å². The van der Waals surface area contributed by atoms with Crippen LogP contribution >= 0.6 is 11.8 Å². The standard InChI is InChI=1S/C16H13F4NOS/c1-10(15(22)21-13-6-3-5-12(17)9-13)23-14-7-2-4-11(8-14)16(18,19)20/h2-10H,1H3,(H,21,22)/t10-/m0/s1. The van der Waals surface area contributed by atoms with Crippen molar-refractivity contribution in [1.29, 1.82) is 0 Å². The molecule has 0 aliphatic rings. The molecule has 2 aromatic carbocycles. The number of rotatable bonds is 4. The molecule has 122 valence electrons. The van der Waals surface area contributed by atoms with Gasteiger partial charge >= 0.3 is 6.18 Å². The maximum absolute atomic E-state index is 13.1. The summed E-state index contributed by atoms with van der Waals surface area (Å²) in [5, 5.41) is 1.89. The van der Waals surface area contributed by atoms with E-state index in [4.69, 9.17) is 0 Å². The summed E-state index contributed by atoms with van der Waals surface area (Å²) >= 11 is 1.000. The molecule has 0 saturated heterocycles. The van der Waals surface area contributed by atoms with E-state index in [1.54, 1.807) is 6.92 Å². The maximum Gasteiger partial charge on any atom is 0.416 e. The molecule has 0 spiro atoms. The number of thioether (sulfide) groups is 1. The zero-order valence-electron chi connectivity index (χ0n) is 12.0. The van der Waals surface area contributed by atoms with Crippen LogP contribution in [0.25, 0.3) is 0 Å². The quantitative estimate of drug-likeness (QED) is 0.628. The van der Waals surface area contributed by atoms with Gasteiger partial charge in [0.25, 0.3) is 0 Å².